The number of carbonyl (C=O) groups excluding carboxylic acids is 1. The minimum Gasteiger partial charge on any atom is -0.326 e. The van der Waals surface area contributed by atoms with E-state index in [0.29, 0.717) is 5.69 Å². The first-order valence-corrected chi connectivity index (χ1v) is 9.89. The molecule has 0 saturated heterocycles. The van der Waals surface area contributed by atoms with Gasteiger partial charge >= 0.3 is 0 Å². The van der Waals surface area contributed by atoms with E-state index in [1.807, 2.05) is 6.92 Å². The molecule has 0 bridgehead atoms. The third-order valence-corrected chi connectivity index (χ3v) is 5.45. The van der Waals surface area contributed by atoms with E-state index in [-0.39, 0.29) is 16.8 Å². The number of hydrogen-bond acceptors (Lipinski definition) is 4. The molecule has 6 nitrogen and oxygen atoms in total. The molecule has 2 N–H and O–H groups in total. The van der Waals surface area contributed by atoms with E-state index < -0.39 is 10.0 Å². The summed E-state index contributed by atoms with van der Waals surface area (Å²) in [5.74, 6) is -0.189. The molecule has 0 unspecified atom stereocenters. The topological polar surface area (TPSA) is 78.5 Å². The number of nitrogens with zero attached hydrogens (tertiary/aromatic N) is 1. The van der Waals surface area contributed by atoms with Gasteiger partial charge in [-0.2, -0.15) is 0 Å². The SMILES string of the molecule is CCN(CC)CCC[C@H](C)NS(=O)(=O)c1ccc(NC(C)=O)cc1. The van der Waals surface area contributed by atoms with E-state index in [1.54, 1.807) is 12.1 Å². The average molecular weight is 356 g/mol. The second kappa shape index (κ2) is 9.76. The van der Waals surface area contributed by atoms with Crippen LogP contribution in [0.4, 0.5) is 5.69 Å². The molecule has 1 atom stereocenters. The van der Waals surface area contributed by atoms with Crippen molar-refractivity contribution in [3.8, 4) is 0 Å². The first-order chi connectivity index (χ1) is 11.3. The molecular formula is C17H29N3O3S. The van der Waals surface area contributed by atoms with Crippen molar-refractivity contribution in [2.75, 3.05) is 25.0 Å². The zero-order valence-corrected chi connectivity index (χ0v) is 15.8. The quantitative estimate of drug-likeness (QED) is 0.676. The number of amides is 1. The molecule has 1 amide bonds. The Hall–Kier alpha value is -1.44. The lowest BCUT2D eigenvalue weighted by Gasteiger charge is -2.19. The molecule has 0 aliphatic rings. The highest BCUT2D eigenvalue weighted by molar-refractivity contribution is 7.89. The van der Waals surface area contributed by atoms with Crippen molar-refractivity contribution in [1.29, 1.82) is 0 Å². The van der Waals surface area contributed by atoms with Crippen LogP contribution in [0.15, 0.2) is 29.2 Å². The Morgan fingerprint density at radius 2 is 1.75 bits per heavy atom. The van der Waals surface area contributed by atoms with Crippen LogP contribution >= 0.6 is 0 Å². The minimum atomic E-state index is -3.54. The molecule has 0 saturated carbocycles. The van der Waals surface area contributed by atoms with Crippen LogP contribution in [0.2, 0.25) is 0 Å². The predicted molar refractivity (Wildman–Crippen MR) is 97.6 cm³/mol. The fraction of sp³-hybridized carbons (Fsp3) is 0.588. The highest BCUT2D eigenvalue weighted by Gasteiger charge is 2.17. The smallest absolute Gasteiger partial charge is 0.240 e. The molecule has 0 aromatic heterocycles. The van der Waals surface area contributed by atoms with Gasteiger partial charge in [0.2, 0.25) is 15.9 Å². The molecule has 0 fully saturated rings. The summed E-state index contributed by atoms with van der Waals surface area (Å²) in [5, 5.41) is 2.61. The molecule has 136 valence electrons. The third kappa shape index (κ3) is 6.98. The van der Waals surface area contributed by atoms with Gasteiger partial charge in [-0.15, -0.1) is 0 Å². The van der Waals surface area contributed by atoms with Gasteiger partial charge < -0.3 is 10.2 Å². The molecule has 24 heavy (non-hydrogen) atoms. The lowest BCUT2D eigenvalue weighted by Crippen LogP contribution is -2.33. The summed E-state index contributed by atoms with van der Waals surface area (Å²) in [7, 11) is -3.54. The number of sulfonamides is 1. The number of hydrogen-bond donors (Lipinski definition) is 2. The molecule has 0 spiro atoms. The van der Waals surface area contributed by atoms with Gasteiger partial charge in [-0.25, -0.2) is 13.1 Å². The fourth-order valence-electron chi connectivity index (χ4n) is 2.47. The molecule has 1 rings (SSSR count). The van der Waals surface area contributed by atoms with E-state index in [0.717, 1.165) is 32.5 Å². The normalized spacial score (nSPS) is 13.0. The van der Waals surface area contributed by atoms with E-state index in [1.165, 1.54) is 19.1 Å². The van der Waals surface area contributed by atoms with E-state index in [4.69, 9.17) is 0 Å². The maximum atomic E-state index is 12.4. The highest BCUT2D eigenvalue weighted by Crippen LogP contribution is 2.15. The Balaban J connectivity index is 2.57. The average Bonchev–Trinajstić information content (AvgIpc) is 2.51. The summed E-state index contributed by atoms with van der Waals surface area (Å²) in [5.41, 5.74) is 0.578. The molecular weight excluding hydrogens is 326 g/mol. The standard InChI is InChI=1S/C17H29N3O3S/c1-5-20(6-2)13-7-8-14(3)19-24(22,23)17-11-9-16(10-12-17)18-15(4)21/h9-12,14,19H,5-8,13H2,1-4H3,(H,18,21)/t14-/m0/s1. The zero-order chi connectivity index (χ0) is 18.2. The minimum absolute atomic E-state index is 0.124. The molecule has 0 radical (unpaired) electrons. The van der Waals surface area contributed by atoms with Crippen molar-refractivity contribution < 1.29 is 13.2 Å². The Morgan fingerprint density at radius 1 is 1.17 bits per heavy atom. The van der Waals surface area contributed by atoms with Gasteiger partial charge in [0.05, 0.1) is 4.90 Å². The van der Waals surface area contributed by atoms with Gasteiger partial charge in [0, 0.05) is 18.7 Å². The van der Waals surface area contributed by atoms with Crippen LogP contribution in [0.3, 0.4) is 0 Å². The summed E-state index contributed by atoms with van der Waals surface area (Å²) in [6.45, 7) is 10.5. The second-order valence-electron chi connectivity index (χ2n) is 5.90. The number of rotatable bonds is 10. The van der Waals surface area contributed by atoms with Gasteiger partial charge in [0.1, 0.15) is 0 Å². The van der Waals surface area contributed by atoms with Crippen LogP contribution in [0, 0.1) is 0 Å². The van der Waals surface area contributed by atoms with Crippen LogP contribution in [0.25, 0.3) is 0 Å². The first-order valence-electron chi connectivity index (χ1n) is 8.40. The number of nitrogens with one attached hydrogen (secondary N) is 2. The molecule has 0 aliphatic heterocycles. The monoisotopic (exact) mass is 355 g/mol. The Kier molecular flexibility index (Phi) is 8.38. The van der Waals surface area contributed by atoms with Crippen molar-refractivity contribution in [2.24, 2.45) is 0 Å². The number of carbonyl (C=O) groups is 1. The summed E-state index contributed by atoms with van der Waals surface area (Å²) >= 11 is 0. The van der Waals surface area contributed by atoms with Crippen molar-refractivity contribution in [3.05, 3.63) is 24.3 Å². The first kappa shape index (κ1) is 20.6. The number of benzene rings is 1. The van der Waals surface area contributed by atoms with Crippen LogP contribution in [0.1, 0.15) is 40.5 Å². The van der Waals surface area contributed by atoms with Crippen LogP contribution < -0.4 is 10.0 Å². The Morgan fingerprint density at radius 3 is 2.25 bits per heavy atom. The van der Waals surface area contributed by atoms with Crippen molar-refractivity contribution >= 4 is 21.6 Å². The second-order valence-corrected chi connectivity index (χ2v) is 7.61. The van der Waals surface area contributed by atoms with Gasteiger partial charge in [-0.1, -0.05) is 13.8 Å². The van der Waals surface area contributed by atoms with Gasteiger partial charge in [-0.05, 0) is 63.7 Å². The molecule has 7 heteroatoms. The van der Waals surface area contributed by atoms with Crippen molar-refractivity contribution in [1.82, 2.24) is 9.62 Å². The van der Waals surface area contributed by atoms with Crippen LogP contribution in [-0.4, -0.2) is 44.9 Å². The van der Waals surface area contributed by atoms with Gasteiger partial charge in [0.15, 0.2) is 0 Å². The predicted octanol–water partition coefficient (Wildman–Crippen LogP) is 2.43. The van der Waals surface area contributed by atoms with E-state index >= 15 is 0 Å². The van der Waals surface area contributed by atoms with E-state index in [9.17, 15) is 13.2 Å². The van der Waals surface area contributed by atoms with Gasteiger partial charge in [0.25, 0.3) is 0 Å². The summed E-state index contributed by atoms with van der Waals surface area (Å²) in [6, 6.07) is 6.04. The lowest BCUT2D eigenvalue weighted by molar-refractivity contribution is -0.114. The zero-order valence-electron chi connectivity index (χ0n) is 15.0. The lowest BCUT2D eigenvalue weighted by atomic mass is 10.2. The Bertz CT molecular complexity index is 610. The fourth-order valence-corrected chi connectivity index (χ4v) is 3.75. The highest BCUT2D eigenvalue weighted by atomic mass is 32.2. The summed E-state index contributed by atoms with van der Waals surface area (Å²) < 4.78 is 27.5. The maximum absolute atomic E-state index is 12.4. The van der Waals surface area contributed by atoms with Gasteiger partial charge in [-0.3, -0.25) is 4.79 Å². The Labute approximate surface area is 145 Å². The molecule has 1 aromatic rings. The van der Waals surface area contributed by atoms with Crippen LogP contribution in [0.5, 0.6) is 0 Å². The summed E-state index contributed by atoms with van der Waals surface area (Å²) in [6.07, 6.45) is 1.74. The molecule has 0 heterocycles. The van der Waals surface area contributed by atoms with Crippen molar-refractivity contribution in [2.45, 2.75) is 51.5 Å². The molecule has 0 aliphatic carbocycles. The summed E-state index contributed by atoms with van der Waals surface area (Å²) in [4.78, 5) is 13.5. The third-order valence-electron chi connectivity index (χ3n) is 3.85. The maximum Gasteiger partial charge on any atom is 0.240 e. The largest absolute Gasteiger partial charge is 0.326 e. The molecule has 1 aromatic carbocycles. The number of anilines is 1. The van der Waals surface area contributed by atoms with Crippen molar-refractivity contribution in [3.63, 3.8) is 0 Å². The van der Waals surface area contributed by atoms with Crippen LogP contribution in [-0.2, 0) is 14.8 Å². The van der Waals surface area contributed by atoms with E-state index in [2.05, 4.69) is 28.8 Å².